The summed E-state index contributed by atoms with van der Waals surface area (Å²) in [4.78, 5) is 11.8. The number of nitriles is 1. The Labute approximate surface area is 158 Å². The molecule has 2 N–H and O–H groups in total. The van der Waals surface area contributed by atoms with E-state index in [1.165, 1.54) is 6.21 Å². The SMILES string of the molecule is N#Cc1ccc(-c2ccc(/C=N/NC(=O)Nc3cccc(Br)c3)o2)cc1. The van der Waals surface area contributed by atoms with Crippen LogP contribution in [0, 0.1) is 11.3 Å². The number of hydrogen-bond acceptors (Lipinski definition) is 4. The third kappa shape index (κ3) is 4.59. The lowest BCUT2D eigenvalue weighted by Gasteiger charge is -2.03. The summed E-state index contributed by atoms with van der Waals surface area (Å²) in [5.74, 6) is 1.14. The van der Waals surface area contributed by atoms with Crippen molar-refractivity contribution in [1.29, 1.82) is 5.26 Å². The van der Waals surface area contributed by atoms with Crippen LogP contribution >= 0.6 is 15.9 Å². The molecule has 0 bridgehead atoms. The number of carbonyl (C=O) groups excluding carboxylic acids is 1. The van der Waals surface area contributed by atoms with E-state index < -0.39 is 6.03 Å². The molecule has 0 unspecified atom stereocenters. The van der Waals surface area contributed by atoms with E-state index in [4.69, 9.17) is 9.68 Å². The number of benzene rings is 2. The Morgan fingerprint density at radius 2 is 1.96 bits per heavy atom. The van der Waals surface area contributed by atoms with Gasteiger partial charge in [-0.25, -0.2) is 10.2 Å². The fourth-order valence-corrected chi connectivity index (χ4v) is 2.57. The molecule has 0 saturated carbocycles. The lowest BCUT2D eigenvalue weighted by molar-refractivity contribution is 0.252. The van der Waals surface area contributed by atoms with Gasteiger partial charge in [-0.3, -0.25) is 0 Å². The molecule has 7 heteroatoms. The van der Waals surface area contributed by atoms with E-state index in [0.29, 0.717) is 22.8 Å². The van der Waals surface area contributed by atoms with Gasteiger partial charge >= 0.3 is 6.03 Å². The van der Waals surface area contributed by atoms with Crippen LogP contribution in [0.25, 0.3) is 11.3 Å². The van der Waals surface area contributed by atoms with Crippen LogP contribution in [0.1, 0.15) is 11.3 Å². The van der Waals surface area contributed by atoms with Crippen molar-refractivity contribution in [2.45, 2.75) is 0 Å². The molecular formula is C19H13BrN4O2. The first-order chi connectivity index (χ1) is 12.6. The first-order valence-corrected chi connectivity index (χ1v) is 8.39. The molecule has 1 heterocycles. The Balaban J connectivity index is 1.58. The number of amides is 2. The number of hydrazone groups is 1. The molecule has 0 saturated heterocycles. The van der Waals surface area contributed by atoms with Gasteiger partial charge in [0, 0.05) is 15.7 Å². The molecule has 128 valence electrons. The van der Waals surface area contributed by atoms with Gasteiger partial charge in [-0.15, -0.1) is 0 Å². The van der Waals surface area contributed by atoms with Gasteiger partial charge in [-0.2, -0.15) is 10.4 Å². The van der Waals surface area contributed by atoms with Crippen molar-refractivity contribution in [2.75, 3.05) is 5.32 Å². The van der Waals surface area contributed by atoms with E-state index in [1.807, 2.05) is 24.3 Å². The number of nitrogens with zero attached hydrogens (tertiary/aromatic N) is 2. The maximum atomic E-state index is 11.8. The van der Waals surface area contributed by atoms with Crippen LogP contribution in [0.15, 0.2) is 74.7 Å². The zero-order valence-corrected chi connectivity index (χ0v) is 15.0. The number of nitrogens with one attached hydrogen (secondary N) is 2. The van der Waals surface area contributed by atoms with Crippen LogP contribution < -0.4 is 10.7 Å². The Morgan fingerprint density at radius 3 is 2.69 bits per heavy atom. The predicted octanol–water partition coefficient (Wildman–Crippen LogP) is 4.74. The molecule has 0 aliphatic carbocycles. The summed E-state index contributed by atoms with van der Waals surface area (Å²) >= 11 is 3.34. The highest BCUT2D eigenvalue weighted by Crippen LogP contribution is 2.21. The number of carbonyl (C=O) groups is 1. The lowest BCUT2D eigenvalue weighted by Crippen LogP contribution is -2.24. The molecule has 2 aromatic carbocycles. The summed E-state index contributed by atoms with van der Waals surface area (Å²) in [7, 11) is 0. The monoisotopic (exact) mass is 408 g/mol. The number of furan rings is 1. The average molecular weight is 409 g/mol. The molecular weight excluding hydrogens is 396 g/mol. The number of rotatable bonds is 4. The Bertz CT molecular complexity index is 987. The standard InChI is InChI=1S/C19H13BrN4O2/c20-15-2-1-3-16(10-15)23-19(25)24-22-12-17-8-9-18(26-17)14-6-4-13(11-21)5-7-14/h1-10,12H,(H2,23,24,25)/b22-12+. The van der Waals surface area contributed by atoms with Crippen LogP contribution in [0.4, 0.5) is 10.5 Å². The molecule has 0 fully saturated rings. The fourth-order valence-electron chi connectivity index (χ4n) is 2.17. The summed E-state index contributed by atoms with van der Waals surface area (Å²) in [5.41, 5.74) is 4.45. The van der Waals surface area contributed by atoms with Crippen molar-refractivity contribution in [1.82, 2.24) is 5.43 Å². The highest BCUT2D eigenvalue weighted by atomic mass is 79.9. The molecule has 0 atom stereocenters. The zero-order chi connectivity index (χ0) is 18.4. The van der Waals surface area contributed by atoms with Crippen LogP contribution in [-0.2, 0) is 0 Å². The maximum Gasteiger partial charge on any atom is 0.339 e. The summed E-state index contributed by atoms with van der Waals surface area (Å²) in [5, 5.41) is 15.3. The van der Waals surface area contributed by atoms with Gasteiger partial charge in [-0.1, -0.05) is 22.0 Å². The first kappa shape index (κ1) is 17.5. The van der Waals surface area contributed by atoms with E-state index >= 15 is 0 Å². The van der Waals surface area contributed by atoms with Crippen LogP contribution in [-0.4, -0.2) is 12.2 Å². The summed E-state index contributed by atoms with van der Waals surface area (Å²) in [6.07, 6.45) is 1.41. The van der Waals surface area contributed by atoms with Crippen molar-refractivity contribution in [3.8, 4) is 17.4 Å². The van der Waals surface area contributed by atoms with Crippen molar-refractivity contribution in [2.24, 2.45) is 5.10 Å². The molecule has 0 aliphatic heterocycles. The van der Waals surface area contributed by atoms with Crippen LogP contribution in [0.3, 0.4) is 0 Å². The van der Waals surface area contributed by atoms with Crippen LogP contribution in [0.2, 0.25) is 0 Å². The Hall–Kier alpha value is -3.37. The molecule has 1 aromatic heterocycles. The minimum absolute atomic E-state index is 0.460. The average Bonchev–Trinajstić information content (AvgIpc) is 3.11. The molecule has 2 amide bonds. The van der Waals surface area contributed by atoms with Gasteiger partial charge in [0.2, 0.25) is 0 Å². The van der Waals surface area contributed by atoms with Crippen molar-refractivity contribution < 1.29 is 9.21 Å². The Morgan fingerprint density at radius 1 is 1.15 bits per heavy atom. The normalized spacial score (nSPS) is 10.5. The van der Waals surface area contributed by atoms with Crippen molar-refractivity contribution in [3.63, 3.8) is 0 Å². The lowest BCUT2D eigenvalue weighted by atomic mass is 10.1. The van der Waals surface area contributed by atoms with Crippen LogP contribution in [0.5, 0.6) is 0 Å². The second-order valence-corrected chi connectivity index (χ2v) is 6.14. The van der Waals surface area contributed by atoms with Gasteiger partial charge in [0.25, 0.3) is 0 Å². The van der Waals surface area contributed by atoms with Crippen molar-refractivity contribution in [3.05, 3.63) is 76.5 Å². The largest absolute Gasteiger partial charge is 0.455 e. The molecule has 26 heavy (non-hydrogen) atoms. The molecule has 3 aromatic rings. The van der Waals surface area contributed by atoms with E-state index in [1.54, 1.807) is 36.4 Å². The molecule has 0 radical (unpaired) electrons. The minimum atomic E-state index is -0.460. The van der Waals surface area contributed by atoms with E-state index in [-0.39, 0.29) is 0 Å². The maximum absolute atomic E-state index is 11.8. The van der Waals surface area contributed by atoms with E-state index in [9.17, 15) is 4.79 Å². The summed E-state index contributed by atoms with van der Waals surface area (Å²) in [6.45, 7) is 0. The number of halogens is 1. The molecule has 6 nitrogen and oxygen atoms in total. The third-order valence-electron chi connectivity index (χ3n) is 3.37. The predicted molar refractivity (Wildman–Crippen MR) is 103 cm³/mol. The third-order valence-corrected chi connectivity index (χ3v) is 3.86. The zero-order valence-electron chi connectivity index (χ0n) is 13.4. The molecule has 0 aliphatic rings. The minimum Gasteiger partial charge on any atom is -0.455 e. The number of urea groups is 1. The number of anilines is 1. The van der Waals surface area contributed by atoms with Gasteiger partial charge in [0.05, 0.1) is 17.8 Å². The summed E-state index contributed by atoms with van der Waals surface area (Å²) in [6, 6.07) is 19.4. The first-order valence-electron chi connectivity index (χ1n) is 7.60. The smallest absolute Gasteiger partial charge is 0.339 e. The summed E-state index contributed by atoms with van der Waals surface area (Å²) < 4.78 is 6.51. The highest BCUT2D eigenvalue weighted by Gasteiger charge is 2.04. The second-order valence-electron chi connectivity index (χ2n) is 5.23. The van der Waals surface area contributed by atoms with E-state index in [2.05, 4.69) is 37.8 Å². The van der Waals surface area contributed by atoms with Gasteiger partial charge < -0.3 is 9.73 Å². The van der Waals surface area contributed by atoms with Gasteiger partial charge in [-0.05, 0) is 54.6 Å². The highest BCUT2D eigenvalue weighted by molar-refractivity contribution is 9.10. The topological polar surface area (TPSA) is 90.4 Å². The van der Waals surface area contributed by atoms with E-state index in [0.717, 1.165) is 10.0 Å². The number of hydrogen-bond donors (Lipinski definition) is 2. The fraction of sp³-hybridized carbons (Fsp3) is 0. The molecule has 3 rings (SSSR count). The quantitative estimate of drug-likeness (QED) is 0.482. The van der Waals surface area contributed by atoms with Gasteiger partial charge in [0.1, 0.15) is 11.5 Å². The van der Waals surface area contributed by atoms with Gasteiger partial charge in [0.15, 0.2) is 0 Å². The molecule has 0 spiro atoms. The second kappa shape index (κ2) is 8.14. The van der Waals surface area contributed by atoms with Crippen molar-refractivity contribution >= 4 is 33.9 Å². The Kier molecular flexibility index (Phi) is 5.46.